The Labute approximate surface area is 90.4 Å². The number of ether oxygens (including phenoxy) is 1. The second-order valence-corrected chi connectivity index (χ2v) is 4.06. The molecule has 5 nitrogen and oxygen atoms in total. The zero-order valence-corrected chi connectivity index (χ0v) is 9.40. The van der Waals surface area contributed by atoms with Crippen molar-refractivity contribution in [3.05, 3.63) is 0 Å². The van der Waals surface area contributed by atoms with Gasteiger partial charge in [0.1, 0.15) is 0 Å². The molecule has 0 aromatic heterocycles. The van der Waals surface area contributed by atoms with Crippen LogP contribution in [0, 0.1) is 0 Å². The lowest BCUT2D eigenvalue weighted by atomic mass is 10.3. The van der Waals surface area contributed by atoms with Crippen LogP contribution in [0.2, 0.25) is 0 Å². The lowest BCUT2D eigenvalue weighted by Gasteiger charge is -2.16. The van der Waals surface area contributed by atoms with E-state index in [1.54, 1.807) is 6.92 Å². The molecule has 1 fully saturated rings. The minimum absolute atomic E-state index is 0.187. The highest BCUT2D eigenvalue weighted by atomic mass is 16.5. The van der Waals surface area contributed by atoms with E-state index in [4.69, 9.17) is 5.11 Å². The van der Waals surface area contributed by atoms with Crippen molar-refractivity contribution in [2.45, 2.75) is 31.9 Å². The van der Waals surface area contributed by atoms with Gasteiger partial charge in [0, 0.05) is 25.7 Å². The molecule has 0 radical (unpaired) electrons. The van der Waals surface area contributed by atoms with E-state index in [0.717, 1.165) is 32.5 Å². The largest absolute Gasteiger partial charge is 0.453 e. The van der Waals surface area contributed by atoms with E-state index < -0.39 is 0 Å². The molecule has 5 heteroatoms. The van der Waals surface area contributed by atoms with Gasteiger partial charge in [0.2, 0.25) is 0 Å². The molecule has 1 amide bonds. The van der Waals surface area contributed by atoms with Crippen molar-refractivity contribution < 1.29 is 14.6 Å². The van der Waals surface area contributed by atoms with Crippen molar-refractivity contribution in [2.24, 2.45) is 0 Å². The first-order chi connectivity index (χ1) is 7.11. The van der Waals surface area contributed by atoms with Crippen LogP contribution >= 0.6 is 0 Å². The number of methoxy groups -OCH3 is 1. The van der Waals surface area contributed by atoms with Crippen molar-refractivity contribution in [1.82, 2.24) is 10.2 Å². The van der Waals surface area contributed by atoms with Crippen molar-refractivity contribution >= 4 is 6.09 Å². The number of rotatable bonds is 4. The van der Waals surface area contributed by atoms with Gasteiger partial charge in [-0.2, -0.15) is 0 Å². The Kier molecular flexibility index (Phi) is 4.84. The fourth-order valence-corrected chi connectivity index (χ4v) is 1.75. The maximum atomic E-state index is 10.9. The van der Waals surface area contributed by atoms with Crippen LogP contribution in [0.5, 0.6) is 0 Å². The molecule has 15 heavy (non-hydrogen) atoms. The first-order valence-electron chi connectivity index (χ1n) is 5.36. The lowest BCUT2D eigenvalue weighted by Crippen LogP contribution is -2.37. The van der Waals surface area contributed by atoms with Crippen LogP contribution in [0.3, 0.4) is 0 Å². The fraction of sp³-hybridized carbons (Fsp3) is 0.900. The first kappa shape index (κ1) is 12.3. The van der Waals surface area contributed by atoms with Crippen LogP contribution in [-0.2, 0) is 4.74 Å². The average molecular weight is 216 g/mol. The smallest absolute Gasteiger partial charge is 0.407 e. The summed E-state index contributed by atoms with van der Waals surface area (Å²) in [7, 11) is 1.37. The van der Waals surface area contributed by atoms with Gasteiger partial charge in [0.05, 0.1) is 13.2 Å². The Balaban J connectivity index is 2.18. The number of aliphatic hydroxyl groups is 1. The molecule has 1 aliphatic heterocycles. The maximum Gasteiger partial charge on any atom is 0.407 e. The third kappa shape index (κ3) is 4.48. The highest BCUT2D eigenvalue weighted by Crippen LogP contribution is 2.10. The van der Waals surface area contributed by atoms with Gasteiger partial charge >= 0.3 is 6.09 Å². The molecule has 2 N–H and O–H groups in total. The molecule has 2 unspecified atom stereocenters. The van der Waals surface area contributed by atoms with Gasteiger partial charge in [0.25, 0.3) is 0 Å². The lowest BCUT2D eigenvalue weighted by molar-refractivity contribution is 0.159. The summed E-state index contributed by atoms with van der Waals surface area (Å²) in [6, 6.07) is 0.187. The number of nitrogens with zero attached hydrogens (tertiary/aromatic N) is 1. The molecule has 0 aliphatic carbocycles. The summed E-state index contributed by atoms with van der Waals surface area (Å²) in [5.41, 5.74) is 0. The predicted molar refractivity (Wildman–Crippen MR) is 56.7 cm³/mol. The first-order valence-corrected chi connectivity index (χ1v) is 5.36. The number of carbonyl (C=O) groups excluding carboxylic acids is 1. The number of alkyl carbamates (subject to hydrolysis) is 1. The summed E-state index contributed by atoms with van der Waals surface area (Å²) < 4.78 is 4.54. The zero-order valence-electron chi connectivity index (χ0n) is 9.40. The number of aliphatic hydroxyl groups excluding tert-OH is 1. The number of hydrogen-bond donors (Lipinski definition) is 2. The molecule has 0 spiro atoms. The van der Waals surface area contributed by atoms with Crippen molar-refractivity contribution in [2.75, 3.05) is 26.7 Å². The molecule has 0 aromatic rings. The van der Waals surface area contributed by atoms with E-state index in [2.05, 4.69) is 15.0 Å². The maximum absolute atomic E-state index is 10.9. The molecule has 0 bridgehead atoms. The molecule has 1 heterocycles. The van der Waals surface area contributed by atoms with Crippen LogP contribution in [0.15, 0.2) is 0 Å². The molecule has 0 aromatic carbocycles. The van der Waals surface area contributed by atoms with Crippen LogP contribution in [0.1, 0.15) is 19.8 Å². The van der Waals surface area contributed by atoms with E-state index in [0.29, 0.717) is 0 Å². The highest BCUT2D eigenvalue weighted by molar-refractivity contribution is 5.67. The van der Waals surface area contributed by atoms with Crippen molar-refractivity contribution in [1.29, 1.82) is 0 Å². The molecular weight excluding hydrogens is 196 g/mol. The standard InChI is InChI=1S/C10H20N2O3/c1-8(13)3-5-12-6-4-9(7-12)11-10(14)15-2/h8-9,13H,3-7H2,1-2H3,(H,11,14). The van der Waals surface area contributed by atoms with Gasteiger partial charge in [-0.1, -0.05) is 0 Å². The Morgan fingerprint density at radius 1 is 1.73 bits per heavy atom. The van der Waals surface area contributed by atoms with Crippen LogP contribution < -0.4 is 5.32 Å². The van der Waals surface area contributed by atoms with Gasteiger partial charge < -0.3 is 20.1 Å². The molecule has 1 aliphatic rings. The van der Waals surface area contributed by atoms with Gasteiger partial charge in [-0.3, -0.25) is 0 Å². The summed E-state index contributed by atoms with van der Waals surface area (Å²) in [4.78, 5) is 13.2. The summed E-state index contributed by atoms with van der Waals surface area (Å²) in [5.74, 6) is 0. The number of carbonyl (C=O) groups is 1. The van der Waals surface area contributed by atoms with E-state index in [1.807, 2.05) is 0 Å². The summed E-state index contributed by atoms with van der Waals surface area (Å²) in [6.07, 6.45) is 1.12. The topological polar surface area (TPSA) is 61.8 Å². The zero-order chi connectivity index (χ0) is 11.3. The Morgan fingerprint density at radius 3 is 3.07 bits per heavy atom. The molecule has 88 valence electrons. The minimum atomic E-state index is -0.364. The number of likely N-dealkylation sites (tertiary alicyclic amines) is 1. The molecule has 2 atom stereocenters. The average Bonchev–Trinajstić information content (AvgIpc) is 2.62. The molecule has 0 saturated carbocycles. The van der Waals surface area contributed by atoms with E-state index in [9.17, 15) is 4.79 Å². The summed E-state index contributed by atoms with van der Waals surface area (Å²) in [5, 5.41) is 11.9. The predicted octanol–water partition coefficient (Wildman–Crippen LogP) is 0.188. The van der Waals surface area contributed by atoms with Crippen molar-refractivity contribution in [3.63, 3.8) is 0 Å². The fourth-order valence-electron chi connectivity index (χ4n) is 1.75. The van der Waals surface area contributed by atoms with Gasteiger partial charge in [0.15, 0.2) is 0 Å². The second kappa shape index (κ2) is 5.92. The summed E-state index contributed by atoms with van der Waals surface area (Å²) >= 11 is 0. The molecule has 1 saturated heterocycles. The van der Waals surface area contributed by atoms with Gasteiger partial charge in [-0.05, 0) is 19.8 Å². The third-order valence-corrected chi connectivity index (χ3v) is 2.64. The van der Waals surface area contributed by atoms with Crippen LogP contribution in [0.25, 0.3) is 0 Å². The quantitative estimate of drug-likeness (QED) is 0.704. The van der Waals surface area contributed by atoms with E-state index >= 15 is 0 Å². The van der Waals surface area contributed by atoms with Gasteiger partial charge in [-0.25, -0.2) is 4.79 Å². The Hall–Kier alpha value is -0.810. The van der Waals surface area contributed by atoms with Crippen LogP contribution in [-0.4, -0.2) is 55.0 Å². The van der Waals surface area contributed by atoms with E-state index in [-0.39, 0.29) is 18.2 Å². The minimum Gasteiger partial charge on any atom is -0.453 e. The highest BCUT2D eigenvalue weighted by Gasteiger charge is 2.23. The van der Waals surface area contributed by atoms with Crippen molar-refractivity contribution in [3.8, 4) is 0 Å². The normalized spacial score (nSPS) is 23.8. The number of amides is 1. The SMILES string of the molecule is COC(=O)NC1CCN(CCC(C)O)C1. The summed E-state index contributed by atoms with van der Waals surface area (Å²) in [6.45, 7) is 4.50. The van der Waals surface area contributed by atoms with Gasteiger partial charge in [-0.15, -0.1) is 0 Å². The number of nitrogens with one attached hydrogen (secondary N) is 1. The Bertz CT molecular complexity index is 209. The van der Waals surface area contributed by atoms with E-state index in [1.165, 1.54) is 7.11 Å². The monoisotopic (exact) mass is 216 g/mol. The Morgan fingerprint density at radius 2 is 2.47 bits per heavy atom. The molecule has 1 rings (SSSR count). The van der Waals surface area contributed by atoms with Crippen LogP contribution in [0.4, 0.5) is 4.79 Å². The third-order valence-electron chi connectivity index (χ3n) is 2.64. The number of hydrogen-bond acceptors (Lipinski definition) is 4. The molecular formula is C10H20N2O3. The second-order valence-electron chi connectivity index (χ2n) is 4.06.